The van der Waals surface area contributed by atoms with Crippen LogP contribution in [0.5, 0.6) is 0 Å². The van der Waals surface area contributed by atoms with Crippen molar-refractivity contribution in [1.82, 2.24) is 14.8 Å². The molecule has 6 nitrogen and oxygen atoms in total. The number of carbonyl (C=O) groups is 1. The average Bonchev–Trinajstić information content (AvgIpc) is 2.82. The largest absolute Gasteiger partial charge is 0.433 e. The van der Waals surface area contributed by atoms with Gasteiger partial charge in [0.15, 0.2) is 0 Å². The van der Waals surface area contributed by atoms with E-state index < -0.39 is 11.9 Å². The number of piperazine rings is 1. The lowest BCUT2D eigenvalue weighted by atomic mass is 9.86. The Hall–Kier alpha value is -1.87. The summed E-state index contributed by atoms with van der Waals surface area (Å²) in [6, 6.07) is 4.02. The molecule has 0 saturated carbocycles. The zero-order valence-electron chi connectivity index (χ0n) is 16.3. The van der Waals surface area contributed by atoms with Gasteiger partial charge in [-0.1, -0.05) is 6.07 Å². The predicted octanol–water partition coefficient (Wildman–Crippen LogP) is 2.25. The Morgan fingerprint density at radius 3 is 2.71 bits per heavy atom. The third-order valence-corrected chi connectivity index (χ3v) is 5.92. The molecule has 0 radical (unpaired) electrons. The van der Waals surface area contributed by atoms with Gasteiger partial charge in [0.1, 0.15) is 11.5 Å². The minimum Gasteiger partial charge on any atom is -0.383 e. The number of hydrogen-bond donors (Lipinski definition) is 0. The second kappa shape index (κ2) is 8.24. The van der Waals surface area contributed by atoms with Crippen molar-refractivity contribution in [1.29, 1.82) is 0 Å². The van der Waals surface area contributed by atoms with Crippen LogP contribution in [0.3, 0.4) is 0 Å². The molecule has 3 heterocycles. The van der Waals surface area contributed by atoms with Crippen LogP contribution in [0.4, 0.5) is 19.0 Å². The lowest BCUT2D eigenvalue weighted by Gasteiger charge is -2.49. The second-order valence-corrected chi connectivity index (χ2v) is 7.57. The normalized spacial score (nSPS) is 24.7. The van der Waals surface area contributed by atoms with Gasteiger partial charge < -0.3 is 14.5 Å². The molecule has 1 atom stereocenters. The summed E-state index contributed by atoms with van der Waals surface area (Å²) in [5, 5.41) is 0. The van der Waals surface area contributed by atoms with Crippen LogP contribution >= 0.6 is 0 Å². The highest BCUT2D eigenvalue weighted by Gasteiger charge is 2.43. The number of likely N-dealkylation sites (tertiary alicyclic amines) is 1. The third kappa shape index (κ3) is 4.41. The molecule has 3 rings (SSSR count). The number of aromatic nitrogens is 1. The van der Waals surface area contributed by atoms with Gasteiger partial charge in [-0.15, -0.1) is 0 Å². The zero-order chi connectivity index (χ0) is 20.4. The molecular formula is C19H27F3N4O2. The molecular weight excluding hydrogens is 373 g/mol. The molecule has 1 aromatic rings. The van der Waals surface area contributed by atoms with E-state index in [9.17, 15) is 18.0 Å². The average molecular weight is 400 g/mol. The van der Waals surface area contributed by atoms with E-state index in [4.69, 9.17) is 4.74 Å². The fraction of sp³-hybridized carbons (Fsp3) is 0.684. The Labute approximate surface area is 163 Å². The standard InChI is InChI=1S/C19H27F3N4O2/c1-24-10-11-26(16-5-3-4-15(23-16)19(20,21)22)14-18(24)7-6-17(27)25(9-8-18)12-13-28-2/h3-5H,6-14H2,1-2H3/t18-/m1/s1. The van der Waals surface area contributed by atoms with Crippen LogP contribution < -0.4 is 4.90 Å². The molecule has 2 fully saturated rings. The zero-order valence-corrected chi connectivity index (χ0v) is 16.3. The summed E-state index contributed by atoms with van der Waals surface area (Å²) < 4.78 is 44.2. The van der Waals surface area contributed by atoms with Crippen LogP contribution in [0.2, 0.25) is 0 Å². The van der Waals surface area contributed by atoms with Gasteiger partial charge >= 0.3 is 6.18 Å². The summed E-state index contributed by atoms with van der Waals surface area (Å²) in [5.74, 6) is 0.450. The number of likely N-dealkylation sites (N-methyl/N-ethyl adjacent to an activating group) is 1. The minimum atomic E-state index is -4.46. The predicted molar refractivity (Wildman–Crippen MR) is 99.1 cm³/mol. The maximum atomic E-state index is 13.0. The van der Waals surface area contributed by atoms with Gasteiger partial charge in [0.25, 0.3) is 0 Å². The van der Waals surface area contributed by atoms with Crippen molar-refractivity contribution in [2.75, 3.05) is 58.4 Å². The number of rotatable bonds is 4. The van der Waals surface area contributed by atoms with E-state index in [1.807, 2.05) is 16.8 Å². The first kappa shape index (κ1) is 20.9. The number of hydrogen-bond acceptors (Lipinski definition) is 5. The summed E-state index contributed by atoms with van der Waals surface area (Å²) in [4.78, 5) is 22.3. The van der Waals surface area contributed by atoms with Gasteiger partial charge in [-0.2, -0.15) is 13.2 Å². The Bertz CT molecular complexity index is 700. The van der Waals surface area contributed by atoms with Crippen LogP contribution in [-0.4, -0.2) is 79.7 Å². The molecule has 1 aromatic heterocycles. The van der Waals surface area contributed by atoms with E-state index in [2.05, 4.69) is 9.88 Å². The van der Waals surface area contributed by atoms with Crippen LogP contribution in [0, 0.1) is 0 Å². The Morgan fingerprint density at radius 2 is 2.00 bits per heavy atom. The third-order valence-electron chi connectivity index (χ3n) is 5.92. The van der Waals surface area contributed by atoms with Gasteiger partial charge in [0, 0.05) is 51.8 Å². The van der Waals surface area contributed by atoms with Gasteiger partial charge in [0.2, 0.25) is 5.91 Å². The Balaban J connectivity index is 1.78. The van der Waals surface area contributed by atoms with Crippen molar-refractivity contribution < 1.29 is 22.7 Å². The second-order valence-electron chi connectivity index (χ2n) is 7.57. The fourth-order valence-corrected chi connectivity index (χ4v) is 4.08. The van der Waals surface area contributed by atoms with Crippen LogP contribution in [0.15, 0.2) is 18.2 Å². The number of ether oxygens (including phenoxy) is 1. The molecule has 0 aromatic carbocycles. The minimum absolute atomic E-state index is 0.108. The highest BCUT2D eigenvalue weighted by molar-refractivity contribution is 5.76. The van der Waals surface area contributed by atoms with E-state index in [1.54, 1.807) is 13.2 Å². The fourth-order valence-electron chi connectivity index (χ4n) is 4.08. The van der Waals surface area contributed by atoms with Gasteiger partial charge in [-0.05, 0) is 32.0 Å². The van der Waals surface area contributed by atoms with E-state index in [0.717, 1.165) is 12.5 Å². The lowest BCUT2D eigenvalue weighted by Crippen LogP contribution is -2.61. The molecule has 0 N–H and O–H groups in total. The van der Waals surface area contributed by atoms with Crippen LogP contribution in [0.25, 0.3) is 0 Å². The molecule has 0 aliphatic carbocycles. The van der Waals surface area contributed by atoms with Crippen LogP contribution in [-0.2, 0) is 15.7 Å². The van der Waals surface area contributed by atoms with Gasteiger partial charge in [-0.3, -0.25) is 9.69 Å². The summed E-state index contributed by atoms with van der Waals surface area (Å²) in [5.41, 5.74) is -1.13. The smallest absolute Gasteiger partial charge is 0.383 e. The quantitative estimate of drug-likeness (QED) is 0.776. The van der Waals surface area contributed by atoms with Gasteiger partial charge in [0.05, 0.1) is 6.61 Å². The first-order chi connectivity index (χ1) is 13.2. The van der Waals surface area contributed by atoms with Gasteiger partial charge in [-0.25, -0.2) is 4.98 Å². The van der Waals surface area contributed by atoms with Crippen molar-refractivity contribution in [3.05, 3.63) is 23.9 Å². The SMILES string of the molecule is COCCN1CC[C@]2(CCC1=O)CN(c1cccc(C(F)(F)F)n1)CCN2C. The number of anilines is 1. The number of pyridine rings is 1. The first-order valence-corrected chi connectivity index (χ1v) is 9.52. The highest BCUT2D eigenvalue weighted by atomic mass is 19.4. The number of amides is 1. The molecule has 2 aliphatic heterocycles. The first-order valence-electron chi connectivity index (χ1n) is 9.52. The van der Waals surface area contributed by atoms with E-state index in [0.29, 0.717) is 58.0 Å². The molecule has 1 amide bonds. The number of halogens is 3. The van der Waals surface area contributed by atoms with Crippen molar-refractivity contribution in [3.63, 3.8) is 0 Å². The number of nitrogens with zero attached hydrogens (tertiary/aromatic N) is 4. The molecule has 9 heteroatoms. The van der Waals surface area contributed by atoms with E-state index in [-0.39, 0.29) is 11.4 Å². The van der Waals surface area contributed by atoms with Crippen molar-refractivity contribution in [2.24, 2.45) is 0 Å². The molecule has 28 heavy (non-hydrogen) atoms. The molecule has 2 aliphatic rings. The van der Waals surface area contributed by atoms with Crippen LogP contribution in [0.1, 0.15) is 25.0 Å². The summed E-state index contributed by atoms with van der Waals surface area (Å²) >= 11 is 0. The van der Waals surface area contributed by atoms with E-state index in [1.165, 1.54) is 6.07 Å². The molecule has 0 bridgehead atoms. The summed E-state index contributed by atoms with van der Waals surface area (Å²) in [6.07, 6.45) is -2.58. The summed E-state index contributed by atoms with van der Waals surface area (Å²) in [6.45, 7) is 3.56. The molecule has 156 valence electrons. The molecule has 0 unspecified atom stereocenters. The number of carbonyl (C=O) groups excluding carboxylic acids is 1. The summed E-state index contributed by atoms with van der Waals surface area (Å²) in [7, 11) is 3.64. The number of alkyl halides is 3. The van der Waals surface area contributed by atoms with Crippen molar-refractivity contribution >= 4 is 11.7 Å². The molecule has 1 spiro atoms. The monoisotopic (exact) mass is 400 g/mol. The van der Waals surface area contributed by atoms with E-state index >= 15 is 0 Å². The highest BCUT2D eigenvalue weighted by Crippen LogP contribution is 2.34. The molecule has 2 saturated heterocycles. The maximum Gasteiger partial charge on any atom is 0.433 e. The Morgan fingerprint density at radius 1 is 1.21 bits per heavy atom. The Kier molecular flexibility index (Phi) is 6.14. The van der Waals surface area contributed by atoms with Crippen molar-refractivity contribution in [2.45, 2.75) is 31.0 Å². The number of methoxy groups -OCH3 is 1. The topological polar surface area (TPSA) is 48.9 Å². The lowest BCUT2D eigenvalue weighted by molar-refractivity contribution is -0.141. The maximum absolute atomic E-state index is 13.0. The van der Waals surface area contributed by atoms with Crippen molar-refractivity contribution in [3.8, 4) is 0 Å².